The van der Waals surface area contributed by atoms with E-state index in [2.05, 4.69) is 4.98 Å². The van der Waals surface area contributed by atoms with Crippen molar-refractivity contribution in [1.82, 2.24) is 4.98 Å². The molecule has 0 unspecified atom stereocenters. The maximum atomic E-state index is 13.8. The summed E-state index contributed by atoms with van der Waals surface area (Å²) in [5.41, 5.74) is 1.91. The second-order valence-electron chi connectivity index (χ2n) is 3.94. The summed E-state index contributed by atoms with van der Waals surface area (Å²) in [6.45, 7) is -0.222. The summed E-state index contributed by atoms with van der Waals surface area (Å²) in [7, 11) is 0. The van der Waals surface area contributed by atoms with E-state index >= 15 is 0 Å². The number of hydrogen-bond donors (Lipinski definition) is 1. The van der Waals surface area contributed by atoms with Gasteiger partial charge < -0.3 is 9.52 Å². The molecule has 0 amide bonds. The molecule has 2 aromatic carbocycles. The van der Waals surface area contributed by atoms with Crippen LogP contribution in [0.3, 0.4) is 0 Å². The van der Waals surface area contributed by atoms with Crippen molar-refractivity contribution in [2.75, 3.05) is 0 Å². The third kappa shape index (κ3) is 2.34. The van der Waals surface area contributed by atoms with Crippen molar-refractivity contribution in [2.45, 2.75) is 16.7 Å². The number of halogens is 1. The van der Waals surface area contributed by atoms with Crippen LogP contribution in [0.15, 0.2) is 57.0 Å². The van der Waals surface area contributed by atoms with E-state index in [4.69, 9.17) is 4.42 Å². The summed E-state index contributed by atoms with van der Waals surface area (Å²) in [6.07, 6.45) is 0. The zero-order valence-corrected chi connectivity index (χ0v) is 10.7. The molecule has 5 heteroatoms. The molecular formula is C14H10FNO2S. The Morgan fingerprint density at radius 2 is 2.00 bits per heavy atom. The highest BCUT2D eigenvalue weighted by atomic mass is 32.2. The molecule has 1 heterocycles. The van der Waals surface area contributed by atoms with Crippen molar-refractivity contribution in [1.29, 1.82) is 0 Å². The van der Waals surface area contributed by atoms with Crippen LogP contribution in [-0.4, -0.2) is 10.1 Å². The van der Waals surface area contributed by atoms with E-state index in [0.717, 1.165) is 17.3 Å². The van der Waals surface area contributed by atoms with Crippen LogP contribution in [0.2, 0.25) is 0 Å². The third-order valence-electron chi connectivity index (χ3n) is 2.68. The van der Waals surface area contributed by atoms with Gasteiger partial charge in [-0.2, -0.15) is 0 Å². The fourth-order valence-corrected chi connectivity index (χ4v) is 2.65. The normalized spacial score (nSPS) is 11.1. The molecule has 0 aliphatic carbocycles. The van der Waals surface area contributed by atoms with E-state index in [1.807, 2.05) is 18.2 Å². The summed E-state index contributed by atoms with van der Waals surface area (Å²) >= 11 is 1.08. The Kier molecular flexibility index (Phi) is 3.23. The van der Waals surface area contributed by atoms with E-state index < -0.39 is 0 Å². The fraction of sp³-hybridized carbons (Fsp3) is 0.0714. The maximum Gasteiger partial charge on any atom is 0.261 e. The molecule has 0 saturated carbocycles. The molecule has 0 bridgehead atoms. The van der Waals surface area contributed by atoms with Crippen molar-refractivity contribution < 1.29 is 13.9 Å². The van der Waals surface area contributed by atoms with Crippen LogP contribution < -0.4 is 0 Å². The average Bonchev–Trinajstić information content (AvgIpc) is 2.83. The highest BCUT2D eigenvalue weighted by Gasteiger charge is 2.13. The highest BCUT2D eigenvalue weighted by molar-refractivity contribution is 7.99. The van der Waals surface area contributed by atoms with E-state index in [1.165, 1.54) is 6.07 Å². The van der Waals surface area contributed by atoms with Crippen LogP contribution in [0.25, 0.3) is 11.1 Å². The Bertz CT molecular complexity index is 693. The number of aromatic nitrogens is 1. The molecule has 0 radical (unpaired) electrons. The lowest BCUT2D eigenvalue weighted by Gasteiger charge is -2.05. The first-order valence-electron chi connectivity index (χ1n) is 5.69. The van der Waals surface area contributed by atoms with Gasteiger partial charge in [0.2, 0.25) is 0 Å². The minimum Gasteiger partial charge on any atom is -0.431 e. The van der Waals surface area contributed by atoms with Gasteiger partial charge in [-0.25, -0.2) is 9.37 Å². The molecule has 0 aliphatic heterocycles. The summed E-state index contributed by atoms with van der Waals surface area (Å²) in [4.78, 5) is 4.62. The predicted octanol–water partition coefficient (Wildman–Crippen LogP) is 3.61. The van der Waals surface area contributed by atoms with Crippen LogP contribution in [0, 0.1) is 5.82 Å². The van der Waals surface area contributed by atoms with Crippen LogP contribution >= 0.6 is 11.8 Å². The molecular weight excluding hydrogens is 265 g/mol. The molecule has 3 nitrogen and oxygen atoms in total. The van der Waals surface area contributed by atoms with Gasteiger partial charge in [0.1, 0.15) is 11.3 Å². The van der Waals surface area contributed by atoms with Gasteiger partial charge in [0.15, 0.2) is 5.58 Å². The minimum absolute atomic E-state index is 0.222. The molecule has 0 aliphatic rings. The van der Waals surface area contributed by atoms with Gasteiger partial charge in [-0.1, -0.05) is 24.3 Å². The summed E-state index contributed by atoms with van der Waals surface area (Å²) in [5, 5.41) is 9.59. The van der Waals surface area contributed by atoms with E-state index in [0.29, 0.717) is 21.3 Å². The minimum atomic E-state index is -0.390. The quantitative estimate of drug-likeness (QED) is 0.793. The number of benzene rings is 2. The maximum absolute atomic E-state index is 13.8. The van der Waals surface area contributed by atoms with E-state index in [-0.39, 0.29) is 12.4 Å². The zero-order chi connectivity index (χ0) is 13.2. The molecule has 1 N–H and O–H groups in total. The summed E-state index contributed by atoms with van der Waals surface area (Å²) < 4.78 is 19.3. The van der Waals surface area contributed by atoms with Crippen molar-refractivity contribution >= 4 is 22.9 Å². The Labute approximate surface area is 113 Å². The Hall–Kier alpha value is -1.85. The fourth-order valence-electron chi connectivity index (χ4n) is 1.77. The lowest BCUT2D eigenvalue weighted by Crippen LogP contribution is -1.91. The lowest BCUT2D eigenvalue weighted by atomic mass is 10.2. The Balaban J connectivity index is 2.01. The first kappa shape index (κ1) is 12.2. The van der Waals surface area contributed by atoms with Crippen molar-refractivity contribution in [3.63, 3.8) is 0 Å². The molecule has 1 aromatic heterocycles. The van der Waals surface area contributed by atoms with Crippen molar-refractivity contribution in [3.05, 3.63) is 53.8 Å². The van der Waals surface area contributed by atoms with Gasteiger partial charge in [-0.3, -0.25) is 0 Å². The van der Waals surface area contributed by atoms with Crippen LogP contribution in [0.1, 0.15) is 5.56 Å². The van der Waals surface area contributed by atoms with Crippen LogP contribution in [0.5, 0.6) is 0 Å². The van der Waals surface area contributed by atoms with Gasteiger partial charge in [0.05, 0.1) is 11.5 Å². The second kappa shape index (κ2) is 5.03. The third-order valence-corrected chi connectivity index (χ3v) is 3.69. The molecule has 0 atom stereocenters. The Morgan fingerprint density at radius 3 is 2.79 bits per heavy atom. The van der Waals surface area contributed by atoms with E-state index in [1.54, 1.807) is 18.2 Å². The number of oxazole rings is 1. The Morgan fingerprint density at radius 1 is 1.16 bits per heavy atom. The van der Waals surface area contributed by atoms with Gasteiger partial charge in [0, 0.05) is 0 Å². The van der Waals surface area contributed by atoms with Crippen molar-refractivity contribution in [2.24, 2.45) is 0 Å². The van der Waals surface area contributed by atoms with Crippen LogP contribution in [0.4, 0.5) is 4.39 Å². The van der Waals surface area contributed by atoms with Gasteiger partial charge in [-0.05, 0) is 35.5 Å². The molecule has 0 fully saturated rings. The SMILES string of the molecule is OCc1cccc(F)c1Sc1nc2ccccc2o1. The number of para-hydroxylation sites is 2. The average molecular weight is 275 g/mol. The number of aliphatic hydroxyl groups is 1. The van der Waals surface area contributed by atoms with Gasteiger partial charge in [0.25, 0.3) is 5.22 Å². The zero-order valence-electron chi connectivity index (χ0n) is 9.84. The smallest absolute Gasteiger partial charge is 0.261 e. The molecule has 3 aromatic rings. The monoisotopic (exact) mass is 275 g/mol. The molecule has 19 heavy (non-hydrogen) atoms. The first-order valence-corrected chi connectivity index (χ1v) is 6.51. The van der Waals surface area contributed by atoms with E-state index in [9.17, 15) is 9.50 Å². The first-order chi connectivity index (χ1) is 9.28. The molecule has 0 spiro atoms. The second-order valence-corrected chi connectivity index (χ2v) is 4.90. The number of nitrogens with zero attached hydrogens (tertiary/aromatic N) is 1. The molecule has 3 rings (SSSR count). The van der Waals surface area contributed by atoms with Crippen LogP contribution in [-0.2, 0) is 6.61 Å². The number of fused-ring (bicyclic) bond motifs is 1. The predicted molar refractivity (Wildman–Crippen MR) is 70.5 cm³/mol. The number of rotatable bonds is 3. The summed E-state index contributed by atoms with van der Waals surface area (Å²) in [6, 6.07) is 11.9. The largest absolute Gasteiger partial charge is 0.431 e. The number of hydrogen-bond acceptors (Lipinski definition) is 4. The standard InChI is InChI=1S/C14H10FNO2S/c15-10-5-3-4-9(8-17)13(10)19-14-16-11-6-1-2-7-12(11)18-14/h1-7,17H,8H2. The number of aliphatic hydroxyl groups excluding tert-OH is 1. The topological polar surface area (TPSA) is 46.3 Å². The molecule has 96 valence electrons. The highest BCUT2D eigenvalue weighted by Crippen LogP contribution is 2.33. The van der Waals surface area contributed by atoms with Crippen molar-refractivity contribution in [3.8, 4) is 0 Å². The molecule has 0 saturated heterocycles. The summed E-state index contributed by atoms with van der Waals surface area (Å²) in [5.74, 6) is -0.390. The van der Waals surface area contributed by atoms with Gasteiger partial charge >= 0.3 is 0 Å². The van der Waals surface area contributed by atoms with Gasteiger partial charge in [-0.15, -0.1) is 0 Å². The lowest BCUT2D eigenvalue weighted by molar-refractivity contribution is 0.277.